The molecule has 34 heavy (non-hydrogen) atoms. The van der Waals surface area contributed by atoms with Crippen LogP contribution in [0.2, 0.25) is 0 Å². The van der Waals surface area contributed by atoms with E-state index < -0.39 is 46.2 Å². The summed E-state index contributed by atoms with van der Waals surface area (Å²) >= 11 is 0. The fourth-order valence-corrected chi connectivity index (χ4v) is 4.42. The van der Waals surface area contributed by atoms with Crippen molar-refractivity contribution in [3.8, 4) is 23.3 Å². The summed E-state index contributed by atoms with van der Waals surface area (Å²) < 4.78 is 86.0. The Labute approximate surface area is 196 Å². The highest BCUT2D eigenvalue weighted by atomic mass is 32.2. The minimum Gasteiger partial charge on any atom is -0.748 e. The van der Waals surface area contributed by atoms with Crippen LogP contribution in [-0.4, -0.2) is 43.3 Å². The fourth-order valence-electron chi connectivity index (χ4n) is 4.13. The lowest BCUT2D eigenvalue weighted by atomic mass is 9.84. The van der Waals surface area contributed by atoms with E-state index >= 15 is 0 Å². The molecule has 3 rings (SSSR count). The monoisotopic (exact) mass is 503 g/mol. The van der Waals surface area contributed by atoms with E-state index in [1.807, 2.05) is 0 Å². The summed E-state index contributed by atoms with van der Waals surface area (Å²) in [7, 11) is -4.59. The third kappa shape index (κ3) is 8.09. The number of benzene rings is 1. The first-order valence-electron chi connectivity index (χ1n) is 11.2. The first kappa shape index (κ1) is 26.2. The zero-order chi connectivity index (χ0) is 24.8. The van der Waals surface area contributed by atoms with Crippen molar-refractivity contribution in [2.24, 2.45) is 5.92 Å². The molecule has 2 aliphatic rings. The maximum absolute atomic E-state index is 13.0. The van der Waals surface area contributed by atoms with Gasteiger partial charge < -0.3 is 18.8 Å². The van der Waals surface area contributed by atoms with E-state index in [0.717, 1.165) is 63.1 Å². The normalized spacial score (nSPS) is 18.6. The van der Waals surface area contributed by atoms with Crippen LogP contribution in [0.25, 0.3) is 0 Å². The van der Waals surface area contributed by atoms with E-state index in [0.29, 0.717) is 12.8 Å². The highest BCUT2D eigenvalue weighted by molar-refractivity contribution is 7.85. The quantitative estimate of drug-likeness (QED) is 0.305. The van der Waals surface area contributed by atoms with Gasteiger partial charge in [0.25, 0.3) is 0 Å². The van der Waals surface area contributed by atoms with Crippen molar-refractivity contribution in [3.63, 3.8) is 0 Å². The smallest absolute Gasteiger partial charge is 0.573 e. The summed E-state index contributed by atoms with van der Waals surface area (Å²) in [5.41, 5.74) is -1.19. The molecule has 2 fully saturated rings. The molecule has 0 spiro atoms. The molecule has 0 aliphatic heterocycles. The number of halogens is 3. The Balaban J connectivity index is 1.88. The highest BCUT2D eigenvalue weighted by Crippen LogP contribution is 2.40. The molecule has 0 amide bonds. The Morgan fingerprint density at radius 2 is 1.76 bits per heavy atom. The van der Waals surface area contributed by atoms with Gasteiger partial charge in [-0.25, -0.2) is 13.2 Å². The van der Waals surface area contributed by atoms with E-state index in [1.54, 1.807) is 0 Å². The summed E-state index contributed by atoms with van der Waals surface area (Å²) in [6.07, 6.45) is 2.73. The average Bonchev–Trinajstić information content (AvgIpc) is 3.26. The van der Waals surface area contributed by atoms with Crippen LogP contribution in [0.15, 0.2) is 18.2 Å². The maximum Gasteiger partial charge on any atom is 0.573 e. The van der Waals surface area contributed by atoms with Crippen LogP contribution in [0.3, 0.4) is 0 Å². The molecule has 0 atom stereocenters. The Bertz CT molecular complexity index is 1030. The standard InChI is InChI=1S/C23H27F3O7S/c24-23(25,26)33-19-9-8-18(21(27)31-14-15-34(28,29)30)16-20(19)32-22(11-4-1-5-12-22)13-10-17-6-2-3-7-17/h8-9,16-17H,1-7,11-12,14-15H2,(H,28,29,30)/p-1. The molecule has 0 N–H and O–H groups in total. The van der Waals surface area contributed by atoms with Crippen molar-refractivity contribution in [3.05, 3.63) is 23.8 Å². The number of carbonyl (C=O) groups is 1. The molecule has 1 aromatic carbocycles. The summed E-state index contributed by atoms with van der Waals surface area (Å²) in [4.78, 5) is 12.3. The summed E-state index contributed by atoms with van der Waals surface area (Å²) in [6, 6.07) is 3.03. The molecule has 0 aromatic heterocycles. The number of hydrogen-bond donors (Lipinski definition) is 0. The van der Waals surface area contributed by atoms with Gasteiger partial charge in [-0.1, -0.05) is 31.1 Å². The maximum atomic E-state index is 13.0. The van der Waals surface area contributed by atoms with Gasteiger partial charge in [0.1, 0.15) is 6.61 Å². The second kappa shape index (κ2) is 10.9. The molecule has 0 saturated heterocycles. The minimum absolute atomic E-state index is 0.178. The zero-order valence-corrected chi connectivity index (χ0v) is 19.3. The molecule has 0 heterocycles. The Morgan fingerprint density at radius 1 is 1.09 bits per heavy atom. The predicted octanol–water partition coefficient (Wildman–Crippen LogP) is 4.56. The Hall–Kier alpha value is -2.45. The largest absolute Gasteiger partial charge is 0.748 e. The fraction of sp³-hybridized carbons (Fsp3) is 0.609. The van der Waals surface area contributed by atoms with Gasteiger partial charge in [0.05, 0.1) is 21.4 Å². The van der Waals surface area contributed by atoms with Crippen molar-refractivity contribution >= 4 is 16.1 Å². The topological polar surface area (TPSA) is 102 Å². The number of alkyl halides is 3. The summed E-state index contributed by atoms with van der Waals surface area (Å²) in [5, 5.41) is 0. The van der Waals surface area contributed by atoms with Crippen molar-refractivity contribution in [2.45, 2.75) is 69.8 Å². The first-order valence-corrected chi connectivity index (χ1v) is 12.7. The summed E-state index contributed by atoms with van der Waals surface area (Å²) in [5.74, 6) is 3.79. The first-order chi connectivity index (χ1) is 15.9. The van der Waals surface area contributed by atoms with Crippen LogP contribution in [0.4, 0.5) is 13.2 Å². The Morgan fingerprint density at radius 3 is 2.38 bits per heavy atom. The molecule has 0 radical (unpaired) electrons. The van der Waals surface area contributed by atoms with Crippen LogP contribution in [0.5, 0.6) is 11.5 Å². The molecule has 1 aromatic rings. The van der Waals surface area contributed by atoms with E-state index in [1.165, 1.54) is 0 Å². The number of hydrogen-bond acceptors (Lipinski definition) is 7. The third-order valence-corrected chi connectivity index (χ3v) is 6.46. The second-order valence-corrected chi connectivity index (χ2v) is 10.0. The van der Waals surface area contributed by atoms with Gasteiger partial charge in [0.2, 0.25) is 0 Å². The molecule has 11 heteroatoms. The zero-order valence-electron chi connectivity index (χ0n) is 18.5. The van der Waals surface area contributed by atoms with E-state index in [2.05, 4.69) is 16.6 Å². The lowest BCUT2D eigenvalue weighted by Gasteiger charge is -2.34. The van der Waals surface area contributed by atoms with Crippen molar-refractivity contribution in [1.82, 2.24) is 0 Å². The van der Waals surface area contributed by atoms with Gasteiger partial charge in [-0.2, -0.15) is 0 Å². The van der Waals surface area contributed by atoms with Gasteiger partial charge in [-0.15, -0.1) is 13.2 Å². The Kier molecular flexibility index (Phi) is 8.36. The van der Waals surface area contributed by atoms with Crippen molar-refractivity contribution in [1.29, 1.82) is 0 Å². The predicted molar refractivity (Wildman–Crippen MR) is 114 cm³/mol. The molecule has 2 aliphatic carbocycles. The van der Waals surface area contributed by atoms with E-state index in [-0.39, 0.29) is 17.2 Å². The van der Waals surface area contributed by atoms with Crippen LogP contribution in [0, 0.1) is 17.8 Å². The molecule has 188 valence electrons. The van der Waals surface area contributed by atoms with Crippen LogP contribution < -0.4 is 9.47 Å². The van der Waals surface area contributed by atoms with Gasteiger partial charge in [0, 0.05) is 5.92 Å². The number of ether oxygens (including phenoxy) is 3. The van der Waals surface area contributed by atoms with Crippen molar-refractivity contribution < 1.29 is 45.1 Å². The summed E-state index contributed by atoms with van der Waals surface area (Å²) in [6.45, 7) is -0.682. The minimum atomic E-state index is -4.99. The third-order valence-electron chi connectivity index (χ3n) is 5.80. The van der Waals surface area contributed by atoms with Crippen LogP contribution in [0.1, 0.15) is 68.1 Å². The number of esters is 1. The van der Waals surface area contributed by atoms with Gasteiger partial charge in [0.15, 0.2) is 17.1 Å². The van der Waals surface area contributed by atoms with Crippen molar-refractivity contribution in [2.75, 3.05) is 12.4 Å². The van der Waals surface area contributed by atoms with Crippen LogP contribution in [-0.2, 0) is 14.9 Å². The van der Waals surface area contributed by atoms with Gasteiger partial charge in [-0.3, -0.25) is 0 Å². The van der Waals surface area contributed by atoms with E-state index in [9.17, 15) is 30.9 Å². The second-order valence-electron chi connectivity index (χ2n) is 8.51. The molecule has 2 saturated carbocycles. The average molecular weight is 504 g/mol. The lowest BCUT2D eigenvalue weighted by Crippen LogP contribution is -2.37. The number of rotatable bonds is 7. The van der Waals surface area contributed by atoms with Crippen LogP contribution >= 0.6 is 0 Å². The van der Waals surface area contributed by atoms with E-state index in [4.69, 9.17) is 9.47 Å². The molecular weight excluding hydrogens is 477 g/mol. The van der Waals surface area contributed by atoms with Gasteiger partial charge in [-0.05, 0) is 56.7 Å². The SMILES string of the molecule is O=C(OCCS(=O)(=O)[O-])c1ccc(OC(F)(F)F)c(OC2(C#CC3CCCC3)CCCCC2)c1. The number of carbonyl (C=O) groups excluding carboxylic acids is 1. The molecule has 0 unspecified atom stereocenters. The lowest BCUT2D eigenvalue weighted by molar-refractivity contribution is -0.275. The highest BCUT2D eigenvalue weighted by Gasteiger charge is 2.37. The molecule has 7 nitrogen and oxygen atoms in total. The molecular formula is C23H26F3O7S-. The van der Waals surface area contributed by atoms with Gasteiger partial charge >= 0.3 is 12.3 Å². The molecule has 0 bridgehead atoms.